The minimum Gasteiger partial charge on any atom is -0.497 e. The van der Waals surface area contributed by atoms with Crippen molar-refractivity contribution in [2.75, 3.05) is 7.11 Å². The molecule has 26 heavy (non-hydrogen) atoms. The molecule has 0 aliphatic rings. The Hall–Kier alpha value is -3.28. The van der Waals surface area contributed by atoms with Crippen LogP contribution in [0, 0.1) is 0 Å². The number of hydrogen-bond acceptors (Lipinski definition) is 4. The lowest BCUT2D eigenvalue weighted by atomic mass is 10.2. The molecule has 0 saturated heterocycles. The molecule has 2 aromatic carbocycles. The van der Waals surface area contributed by atoms with Crippen LogP contribution >= 0.6 is 0 Å². The number of methoxy groups -OCH3 is 1. The summed E-state index contributed by atoms with van der Waals surface area (Å²) >= 11 is 0. The van der Waals surface area contributed by atoms with Gasteiger partial charge in [-0.2, -0.15) is 0 Å². The van der Waals surface area contributed by atoms with Gasteiger partial charge in [-0.1, -0.05) is 18.2 Å². The number of ether oxygens (including phenoxy) is 2. The smallest absolute Gasteiger partial charge is 0.261 e. The molecule has 0 unspecified atom stereocenters. The number of amides is 1. The number of carbonyl (C=O) groups excluding carboxylic acids is 1. The minimum atomic E-state index is -0.604. The molecule has 0 aliphatic heterocycles. The van der Waals surface area contributed by atoms with Crippen LogP contribution < -0.4 is 14.8 Å². The number of carbonyl (C=O) groups is 1. The SMILES string of the molecule is COc1cccc(O[C@H](C)C(=O)NCc2ccc(-n3ccnc3)cc2)c1. The first-order chi connectivity index (χ1) is 12.7. The first-order valence-corrected chi connectivity index (χ1v) is 8.31. The number of nitrogens with one attached hydrogen (secondary N) is 1. The van der Waals surface area contributed by atoms with Gasteiger partial charge in [0.25, 0.3) is 5.91 Å². The Morgan fingerprint density at radius 2 is 1.96 bits per heavy atom. The van der Waals surface area contributed by atoms with E-state index in [1.165, 1.54) is 0 Å². The van der Waals surface area contributed by atoms with Gasteiger partial charge in [0.2, 0.25) is 0 Å². The van der Waals surface area contributed by atoms with E-state index in [2.05, 4.69) is 10.3 Å². The van der Waals surface area contributed by atoms with Crippen molar-refractivity contribution >= 4 is 5.91 Å². The van der Waals surface area contributed by atoms with E-state index in [0.29, 0.717) is 18.0 Å². The molecule has 3 rings (SSSR count). The number of rotatable bonds is 7. The Kier molecular flexibility index (Phi) is 5.53. The molecule has 6 heteroatoms. The summed E-state index contributed by atoms with van der Waals surface area (Å²) in [6.45, 7) is 2.16. The second-order valence-corrected chi connectivity index (χ2v) is 5.79. The van der Waals surface area contributed by atoms with Gasteiger partial charge in [0, 0.05) is 30.7 Å². The molecule has 0 bridgehead atoms. The molecule has 1 amide bonds. The number of benzene rings is 2. The van der Waals surface area contributed by atoms with Gasteiger partial charge >= 0.3 is 0 Å². The zero-order chi connectivity index (χ0) is 18.4. The summed E-state index contributed by atoms with van der Waals surface area (Å²) in [5.41, 5.74) is 2.03. The van der Waals surface area contributed by atoms with Gasteiger partial charge in [-0.05, 0) is 36.8 Å². The molecule has 6 nitrogen and oxygen atoms in total. The molecule has 0 radical (unpaired) electrons. The third-order valence-electron chi connectivity index (χ3n) is 3.93. The van der Waals surface area contributed by atoms with Crippen molar-refractivity contribution in [3.05, 3.63) is 72.8 Å². The monoisotopic (exact) mass is 351 g/mol. The van der Waals surface area contributed by atoms with E-state index in [4.69, 9.17) is 9.47 Å². The molecule has 0 saturated carbocycles. The molecule has 0 fully saturated rings. The first-order valence-electron chi connectivity index (χ1n) is 8.31. The summed E-state index contributed by atoms with van der Waals surface area (Å²) in [4.78, 5) is 16.3. The molecule has 134 valence electrons. The van der Waals surface area contributed by atoms with E-state index >= 15 is 0 Å². The fourth-order valence-corrected chi connectivity index (χ4v) is 2.46. The fraction of sp³-hybridized carbons (Fsp3) is 0.200. The maximum atomic E-state index is 12.2. The zero-order valence-electron chi connectivity index (χ0n) is 14.8. The highest BCUT2D eigenvalue weighted by Crippen LogP contribution is 2.20. The van der Waals surface area contributed by atoms with Crippen molar-refractivity contribution in [2.45, 2.75) is 19.6 Å². The largest absolute Gasteiger partial charge is 0.497 e. The summed E-state index contributed by atoms with van der Waals surface area (Å²) in [5, 5.41) is 2.89. The second-order valence-electron chi connectivity index (χ2n) is 5.79. The lowest BCUT2D eigenvalue weighted by Crippen LogP contribution is -2.35. The van der Waals surface area contributed by atoms with Crippen LogP contribution in [0.25, 0.3) is 5.69 Å². The predicted molar refractivity (Wildman–Crippen MR) is 98.5 cm³/mol. The van der Waals surface area contributed by atoms with E-state index in [-0.39, 0.29) is 5.91 Å². The second kappa shape index (κ2) is 8.20. The first kappa shape index (κ1) is 17.5. The van der Waals surface area contributed by atoms with E-state index in [1.54, 1.807) is 38.7 Å². The Balaban J connectivity index is 1.52. The van der Waals surface area contributed by atoms with Crippen LogP contribution in [0.4, 0.5) is 0 Å². The van der Waals surface area contributed by atoms with Gasteiger partial charge in [0.05, 0.1) is 13.4 Å². The van der Waals surface area contributed by atoms with Gasteiger partial charge in [-0.15, -0.1) is 0 Å². The lowest BCUT2D eigenvalue weighted by molar-refractivity contribution is -0.127. The van der Waals surface area contributed by atoms with E-state index < -0.39 is 6.10 Å². The van der Waals surface area contributed by atoms with Crippen molar-refractivity contribution in [3.8, 4) is 17.2 Å². The van der Waals surface area contributed by atoms with E-state index in [9.17, 15) is 4.79 Å². The van der Waals surface area contributed by atoms with Gasteiger partial charge in [0.1, 0.15) is 11.5 Å². The normalized spacial score (nSPS) is 11.6. The van der Waals surface area contributed by atoms with Crippen LogP contribution in [-0.2, 0) is 11.3 Å². The molecule has 3 aromatic rings. The van der Waals surface area contributed by atoms with Crippen LogP contribution in [0.1, 0.15) is 12.5 Å². The summed E-state index contributed by atoms with van der Waals surface area (Å²) < 4.78 is 12.7. The van der Waals surface area contributed by atoms with Crippen LogP contribution in [0.3, 0.4) is 0 Å². The van der Waals surface area contributed by atoms with Gasteiger partial charge in [-0.3, -0.25) is 4.79 Å². The van der Waals surface area contributed by atoms with Crippen molar-refractivity contribution in [1.29, 1.82) is 0 Å². The van der Waals surface area contributed by atoms with Crippen molar-refractivity contribution < 1.29 is 14.3 Å². The molecule has 0 aliphatic carbocycles. The summed E-state index contributed by atoms with van der Waals surface area (Å²) in [5.74, 6) is 1.11. The quantitative estimate of drug-likeness (QED) is 0.711. The van der Waals surface area contributed by atoms with Crippen LogP contribution in [0.5, 0.6) is 11.5 Å². The predicted octanol–water partition coefficient (Wildman–Crippen LogP) is 2.96. The van der Waals surface area contributed by atoms with E-state index in [0.717, 1.165) is 11.3 Å². The highest BCUT2D eigenvalue weighted by molar-refractivity contribution is 5.80. The number of nitrogens with zero attached hydrogens (tertiary/aromatic N) is 2. The van der Waals surface area contributed by atoms with Crippen molar-refractivity contribution in [1.82, 2.24) is 14.9 Å². The molecule has 1 heterocycles. The van der Waals surface area contributed by atoms with E-state index in [1.807, 2.05) is 47.2 Å². The average Bonchev–Trinajstić information content (AvgIpc) is 3.21. The summed E-state index contributed by atoms with van der Waals surface area (Å²) in [6.07, 6.45) is 4.76. The van der Waals surface area contributed by atoms with Gasteiger partial charge in [-0.25, -0.2) is 4.98 Å². The third-order valence-corrected chi connectivity index (χ3v) is 3.93. The maximum absolute atomic E-state index is 12.2. The van der Waals surface area contributed by atoms with Crippen LogP contribution in [0.15, 0.2) is 67.3 Å². The Morgan fingerprint density at radius 3 is 2.65 bits per heavy atom. The number of aromatic nitrogens is 2. The minimum absolute atomic E-state index is 0.175. The molecule has 1 aromatic heterocycles. The molecule has 0 spiro atoms. The molecular weight excluding hydrogens is 330 g/mol. The van der Waals surface area contributed by atoms with Crippen molar-refractivity contribution in [2.24, 2.45) is 0 Å². The molecular formula is C20H21N3O3. The fourth-order valence-electron chi connectivity index (χ4n) is 2.46. The Morgan fingerprint density at radius 1 is 1.19 bits per heavy atom. The molecule has 1 atom stereocenters. The van der Waals surface area contributed by atoms with Crippen LogP contribution in [-0.4, -0.2) is 28.7 Å². The highest BCUT2D eigenvalue weighted by Gasteiger charge is 2.14. The van der Waals surface area contributed by atoms with Crippen molar-refractivity contribution in [3.63, 3.8) is 0 Å². The zero-order valence-corrected chi connectivity index (χ0v) is 14.8. The topological polar surface area (TPSA) is 65.4 Å². The standard InChI is InChI=1S/C20H21N3O3/c1-15(26-19-5-3-4-18(12-19)25-2)20(24)22-13-16-6-8-17(9-7-16)23-11-10-21-14-23/h3-12,14-15H,13H2,1-2H3,(H,22,24)/t15-/m1/s1. The summed E-state index contributed by atoms with van der Waals surface area (Å²) in [7, 11) is 1.59. The Bertz CT molecular complexity index is 845. The maximum Gasteiger partial charge on any atom is 0.261 e. The lowest BCUT2D eigenvalue weighted by Gasteiger charge is -2.15. The number of hydrogen-bond donors (Lipinski definition) is 1. The molecule has 1 N–H and O–H groups in total. The highest BCUT2D eigenvalue weighted by atomic mass is 16.5. The average molecular weight is 351 g/mol. The number of imidazole rings is 1. The van der Waals surface area contributed by atoms with Gasteiger partial charge < -0.3 is 19.4 Å². The Labute approximate surface area is 152 Å². The van der Waals surface area contributed by atoms with Gasteiger partial charge in [0.15, 0.2) is 6.10 Å². The summed E-state index contributed by atoms with van der Waals surface area (Å²) in [6, 6.07) is 15.1. The third kappa shape index (κ3) is 4.42. The van der Waals surface area contributed by atoms with Crippen LogP contribution in [0.2, 0.25) is 0 Å².